The molecule has 1 N–H and O–H groups in total. The van der Waals surface area contributed by atoms with Crippen LogP contribution in [0.4, 0.5) is 0 Å². The van der Waals surface area contributed by atoms with Crippen molar-refractivity contribution in [3.05, 3.63) is 18.7 Å². The molecular weight excluding hydrogens is 152 g/mol. The summed E-state index contributed by atoms with van der Waals surface area (Å²) >= 11 is 0. The second-order valence-electron chi connectivity index (χ2n) is 2.50. The summed E-state index contributed by atoms with van der Waals surface area (Å²) in [5.74, 6) is 0. The fourth-order valence-electron chi connectivity index (χ4n) is 1.00. The van der Waals surface area contributed by atoms with E-state index in [0.29, 0.717) is 6.54 Å². The van der Waals surface area contributed by atoms with E-state index in [1.807, 2.05) is 17.7 Å². The molecule has 0 radical (unpaired) electrons. The number of imidazole rings is 1. The van der Waals surface area contributed by atoms with Crippen molar-refractivity contribution in [2.45, 2.75) is 19.5 Å². The van der Waals surface area contributed by atoms with Gasteiger partial charge < -0.3 is 9.88 Å². The number of nitriles is 1. The molecule has 4 heteroatoms. The summed E-state index contributed by atoms with van der Waals surface area (Å²) in [6.45, 7) is 3.45. The average molecular weight is 164 g/mol. The molecular formula is C8H12N4. The minimum Gasteiger partial charge on any atom is -0.335 e. The lowest BCUT2D eigenvalue weighted by atomic mass is 10.3. The molecule has 0 aromatic carbocycles. The minimum absolute atomic E-state index is 0.121. The molecule has 0 aliphatic carbocycles. The summed E-state index contributed by atoms with van der Waals surface area (Å²) in [7, 11) is 0. The first kappa shape index (κ1) is 8.75. The van der Waals surface area contributed by atoms with Crippen molar-refractivity contribution in [2.75, 3.05) is 6.54 Å². The van der Waals surface area contributed by atoms with Gasteiger partial charge in [-0.15, -0.1) is 0 Å². The smallest absolute Gasteiger partial charge is 0.113 e. The summed E-state index contributed by atoms with van der Waals surface area (Å²) in [6.07, 6.45) is 5.27. The summed E-state index contributed by atoms with van der Waals surface area (Å²) in [5.41, 5.74) is 0. The number of rotatable bonds is 4. The molecule has 64 valence electrons. The van der Waals surface area contributed by atoms with E-state index >= 15 is 0 Å². The number of aromatic nitrogens is 2. The third-order valence-electron chi connectivity index (χ3n) is 1.56. The van der Waals surface area contributed by atoms with E-state index in [1.165, 1.54) is 0 Å². The first-order valence-electron chi connectivity index (χ1n) is 3.95. The maximum absolute atomic E-state index is 8.71. The van der Waals surface area contributed by atoms with Gasteiger partial charge in [0.2, 0.25) is 0 Å². The Labute approximate surface area is 71.8 Å². The minimum atomic E-state index is -0.121. The van der Waals surface area contributed by atoms with Gasteiger partial charge in [-0.25, -0.2) is 4.98 Å². The van der Waals surface area contributed by atoms with Crippen LogP contribution in [0, 0.1) is 11.3 Å². The van der Waals surface area contributed by atoms with Crippen LogP contribution in [0.5, 0.6) is 0 Å². The molecule has 0 fully saturated rings. The van der Waals surface area contributed by atoms with Crippen LogP contribution < -0.4 is 5.32 Å². The van der Waals surface area contributed by atoms with Gasteiger partial charge in [0.15, 0.2) is 0 Å². The summed E-state index contributed by atoms with van der Waals surface area (Å²) < 4.78 is 1.89. The Hall–Kier alpha value is -1.34. The molecule has 0 bridgehead atoms. The molecule has 1 aromatic heterocycles. The van der Waals surface area contributed by atoms with Crippen LogP contribution in [0.3, 0.4) is 0 Å². The lowest BCUT2D eigenvalue weighted by Gasteiger charge is -2.09. The molecule has 1 aromatic rings. The van der Waals surface area contributed by atoms with E-state index in [9.17, 15) is 0 Å². The number of hydrogen-bond acceptors (Lipinski definition) is 3. The van der Waals surface area contributed by atoms with Crippen molar-refractivity contribution in [1.29, 1.82) is 5.26 Å². The molecule has 0 spiro atoms. The Morgan fingerprint density at radius 3 is 3.08 bits per heavy atom. The van der Waals surface area contributed by atoms with Gasteiger partial charge >= 0.3 is 0 Å². The van der Waals surface area contributed by atoms with Crippen LogP contribution in [0.15, 0.2) is 18.7 Å². The van der Waals surface area contributed by atoms with Gasteiger partial charge in [-0.05, 0) is 6.54 Å². The fourth-order valence-corrected chi connectivity index (χ4v) is 1.00. The van der Waals surface area contributed by atoms with Crippen molar-refractivity contribution < 1.29 is 0 Å². The Balaban J connectivity index is 2.44. The van der Waals surface area contributed by atoms with E-state index < -0.39 is 0 Å². The van der Waals surface area contributed by atoms with E-state index in [-0.39, 0.29) is 6.04 Å². The maximum Gasteiger partial charge on any atom is 0.113 e. The molecule has 0 saturated carbocycles. The Kier molecular flexibility index (Phi) is 3.30. The second-order valence-corrected chi connectivity index (χ2v) is 2.50. The molecule has 4 nitrogen and oxygen atoms in total. The third kappa shape index (κ3) is 2.36. The van der Waals surface area contributed by atoms with Crippen LogP contribution >= 0.6 is 0 Å². The van der Waals surface area contributed by atoms with Gasteiger partial charge in [-0.3, -0.25) is 0 Å². The highest BCUT2D eigenvalue weighted by Gasteiger charge is 2.04. The molecule has 1 rings (SSSR count). The van der Waals surface area contributed by atoms with Crippen LogP contribution in [0.25, 0.3) is 0 Å². The monoisotopic (exact) mass is 164 g/mol. The SMILES string of the molecule is CCNC(C#N)Cn1ccnc1. The quantitative estimate of drug-likeness (QED) is 0.700. The molecule has 0 aliphatic heterocycles. The largest absolute Gasteiger partial charge is 0.335 e. The molecule has 1 unspecified atom stereocenters. The molecule has 0 saturated heterocycles. The average Bonchev–Trinajstić information content (AvgIpc) is 2.56. The predicted octanol–water partition coefficient (Wildman–Crippen LogP) is 0.385. The topological polar surface area (TPSA) is 53.6 Å². The number of likely N-dealkylation sites (N-methyl/N-ethyl adjacent to an activating group) is 1. The van der Waals surface area contributed by atoms with Gasteiger partial charge in [-0.1, -0.05) is 6.92 Å². The maximum atomic E-state index is 8.71. The van der Waals surface area contributed by atoms with E-state index in [0.717, 1.165) is 6.54 Å². The van der Waals surface area contributed by atoms with Crippen molar-refractivity contribution in [3.63, 3.8) is 0 Å². The van der Waals surface area contributed by atoms with Gasteiger partial charge in [0.25, 0.3) is 0 Å². The fraction of sp³-hybridized carbons (Fsp3) is 0.500. The summed E-state index contributed by atoms with van der Waals surface area (Å²) in [5, 5.41) is 11.8. The normalized spacial score (nSPS) is 12.3. The van der Waals surface area contributed by atoms with Crippen molar-refractivity contribution >= 4 is 0 Å². The Morgan fingerprint density at radius 1 is 1.75 bits per heavy atom. The molecule has 0 amide bonds. The summed E-state index contributed by atoms with van der Waals surface area (Å²) in [6, 6.07) is 2.06. The first-order valence-corrected chi connectivity index (χ1v) is 3.95. The lowest BCUT2D eigenvalue weighted by molar-refractivity contribution is 0.535. The highest BCUT2D eigenvalue weighted by atomic mass is 15.1. The zero-order valence-electron chi connectivity index (χ0n) is 7.07. The molecule has 1 heterocycles. The van der Waals surface area contributed by atoms with Crippen molar-refractivity contribution in [3.8, 4) is 6.07 Å². The molecule has 12 heavy (non-hydrogen) atoms. The summed E-state index contributed by atoms with van der Waals surface area (Å²) in [4.78, 5) is 3.90. The Bertz CT molecular complexity index is 247. The number of nitrogens with zero attached hydrogens (tertiary/aromatic N) is 3. The van der Waals surface area contributed by atoms with Crippen molar-refractivity contribution in [1.82, 2.24) is 14.9 Å². The van der Waals surface area contributed by atoms with Gasteiger partial charge in [-0.2, -0.15) is 5.26 Å². The van der Waals surface area contributed by atoms with Crippen LogP contribution in [0.2, 0.25) is 0 Å². The van der Waals surface area contributed by atoms with Gasteiger partial charge in [0.1, 0.15) is 6.04 Å². The van der Waals surface area contributed by atoms with Crippen LogP contribution in [0.1, 0.15) is 6.92 Å². The van der Waals surface area contributed by atoms with E-state index in [4.69, 9.17) is 5.26 Å². The van der Waals surface area contributed by atoms with Gasteiger partial charge in [0.05, 0.1) is 18.9 Å². The third-order valence-corrected chi connectivity index (χ3v) is 1.56. The zero-order chi connectivity index (χ0) is 8.81. The first-order chi connectivity index (χ1) is 5.86. The van der Waals surface area contributed by atoms with E-state index in [1.54, 1.807) is 12.5 Å². The van der Waals surface area contributed by atoms with Crippen LogP contribution in [-0.4, -0.2) is 22.1 Å². The van der Waals surface area contributed by atoms with Crippen molar-refractivity contribution in [2.24, 2.45) is 0 Å². The highest BCUT2D eigenvalue weighted by Crippen LogP contribution is 1.90. The van der Waals surface area contributed by atoms with Gasteiger partial charge in [0, 0.05) is 12.4 Å². The predicted molar refractivity (Wildman–Crippen MR) is 45.3 cm³/mol. The number of nitrogens with one attached hydrogen (secondary N) is 1. The number of hydrogen-bond donors (Lipinski definition) is 1. The zero-order valence-corrected chi connectivity index (χ0v) is 7.07. The second kappa shape index (κ2) is 4.52. The molecule has 1 atom stereocenters. The van der Waals surface area contributed by atoms with E-state index in [2.05, 4.69) is 16.4 Å². The molecule has 0 aliphatic rings. The highest BCUT2D eigenvalue weighted by molar-refractivity contribution is 4.91. The van der Waals surface area contributed by atoms with Crippen LogP contribution in [-0.2, 0) is 6.54 Å². The standard InChI is InChI=1S/C8H12N4/c1-2-11-8(5-9)6-12-4-3-10-7-12/h3-4,7-8,11H,2,6H2,1H3. The lowest BCUT2D eigenvalue weighted by Crippen LogP contribution is -2.31. The Morgan fingerprint density at radius 2 is 2.58 bits per heavy atom.